The molecule has 0 aliphatic rings. The summed E-state index contributed by atoms with van der Waals surface area (Å²) in [4.78, 5) is 0.959. The smallest absolute Gasteiger partial charge is 0.279 e. The summed E-state index contributed by atoms with van der Waals surface area (Å²) < 4.78 is 28.4. The van der Waals surface area contributed by atoms with Gasteiger partial charge in [0.1, 0.15) is 0 Å². The Balaban J connectivity index is 2.52. The minimum atomic E-state index is -3.41. The van der Waals surface area contributed by atoms with Crippen LogP contribution in [-0.2, 0) is 16.8 Å². The number of rotatable bonds is 7. The number of halogens is 1. The molecule has 98 valence electrons. The van der Waals surface area contributed by atoms with Gasteiger partial charge in [0.2, 0.25) is 0 Å². The van der Waals surface area contributed by atoms with Crippen LogP contribution in [0.2, 0.25) is 0 Å². The molecule has 0 saturated carbocycles. The monoisotopic (exact) mass is 341 g/mol. The summed E-state index contributed by atoms with van der Waals surface area (Å²) in [6.07, 6.45) is 0.653. The average molecular weight is 342 g/mol. The van der Waals surface area contributed by atoms with Gasteiger partial charge in [-0.25, -0.2) is 0 Å². The van der Waals surface area contributed by atoms with Gasteiger partial charge in [0, 0.05) is 29.5 Å². The molecule has 0 aliphatic heterocycles. The first kappa shape index (κ1) is 15.1. The van der Waals surface area contributed by atoms with Crippen LogP contribution >= 0.6 is 27.3 Å². The summed E-state index contributed by atoms with van der Waals surface area (Å²) in [6.45, 7) is 1.21. The van der Waals surface area contributed by atoms with E-state index in [-0.39, 0.29) is 0 Å². The van der Waals surface area contributed by atoms with Crippen LogP contribution in [0.25, 0.3) is 0 Å². The van der Waals surface area contributed by atoms with Gasteiger partial charge in [-0.1, -0.05) is 0 Å². The summed E-state index contributed by atoms with van der Waals surface area (Å²) in [6, 6.07) is 1.90. The van der Waals surface area contributed by atoms with Crippen LogP contribution in [0.4, 0.5) is 0 Å². The molecule has 0 atom stereocenters. The van der Waals surface area contributed by atoms with Crippen LogP contribution < -0.4 is 10.5 Å². The van der Waals surface area contributed by atoms with Crippen molar-refractivity contribution < 1.29 is 8.42 Å². The SMILES string of the molecule is CN(CCCN)S(=O)(=O)NCc1sccc1Br. The normalized spacial score (nSPS) is 12.2. The van der Waals surface area contributed by atoms with E-state index >= 15 is 0 Å². The van der Waals surface area contributed by atoms with E-state index < -0.39 is 10.2 Å². The zero-order chi connectivity index (χ0) is 12.9. The lowest BCUT2D eigenvalue weighted by molar-refractivity contribution is 0.453. The Bertz CT molecular complexity index is 447. The van der Waals surface area contributed by atoms with Gasteiger partial charge in [0.15, 0.2) is 0 Å². The Morgan fingerprint density at radius 3 is 2.82 bits per heavy atom. The van der Waals surface area contributed by atoms with E-state index in [4.69, 9.17) is 5.73 Å². The van der Waals surface area contributed by atoms with Crippen molar-refractivity contribution in [2.45, 2.75) is 13.0 Å². The molecule has 1 aromatic rings. The highest BCUT2D eigenvalue weighted by Crippen LogP contribution is 2.22. The fourth-order valence-electron chi connectivity index (χ4n) is 1.15. The number of hydrogen-bond acceptors (Lipinski definition) is 4. The number of thiophene rings is 1. The van der Waals surface area contributed by atoms with Gasteiger partial charge in [-0.15, -0.1) is 11.3 Å². The maximum absolute atomic E-state index is 11.8. The molecular formula is C9H16BrN3O2S2. The Morgan fingerprint density at radius 2 is 2.29 bits per heavy atom. The molecule has 1 rings (SSSR count). The van der Waals surface area contributed by atoms with Crippen molar-refractivity contribution in [1.82, 2.24) is 9.03 Å². The van der Waals surface area contributed by atoms with E-state index in [1.807, 2.05) is 11.4 Å². The first-order valence-electron chi connectivity index (χ1n) is 5.10. The molecule has 3 N–H and O–H groups in total. The molecular weight excluding hydrogens is 326 g/mol. The van der Waals surface area contributed by atoms with Gasteiger partial charge in [-0.3, -0.25) is 0 Å². The van der Waals surface area contributed by atoms with Gasteiger partial charge < -0.3 is 5.73 Å². The van der Waals surface area contributed by atoms with Crippen molar-refractivity contribution >= 4 is 37.5 Å². The predicted molar refractivity (Wildman–Crippen MR) is 74.1 cm³/mol. The second-order valence-corrected chi connectivity index (χ2v) is 7.20. The fourth-order valence-corrected chi connectivity index (χ4v) is 3.59. The number of nitrogens with two attached hydrogens (primary N) is 1. The molecule has 0 amide bonds. The summed E-state index contributed by atoms with van der Waals surface area (Å²) in [7, 11) is -1.87. The van der Waals surface area contributed by atoms with Crippen LogP contribution in [0.1, 0.15) is 11.3 Å². The Hall–Kier alpha value is 0.01000. The number of nitrogens with zero attached hydrogens (tertiary/aromatic N) is 1. The summed E-state index contributed by atoms with van der Waals surface area (Å²) in [5.41, 5.74) is 5.34. The summed E-state index contributed by atoms with van der Waals surface area (Å²) in [5.74, 6) is 0. The van der Waals surface area contributed by atoms with Crippen LogP contribution in [0.3, 0.4) is 0 Å². The molecule has 1 aromatic heterocycles. The van der Waals surface area contributed by atoms with E-state index in [9.17, 15) is 8.42 Å². The lowest BCUT2D eigenvalue weighted by Gasteiger charge is -2.16. The van der Waals surface area contributed by atoms with E-state index in [0.717, 1.165) is 9.35 Å². The van der Waals surface area contributed by atoms with E-state index in [1.165, 1.54) is 15.6 Å². The molecule has 0 unspecified atom stereocenters. The highest BCUT2D eigenvalue weighted by Gasteiger charge is 2.17. The first-order chi connectivity index (χ1) is 7.97. The van der Waals surface area contributed by atoms with Crippen LogP contribution in [0.15, 0.2) is 15.9 Å². The maximum Gasteiger partial charge on any atom is 0.279 e. The topological polar surface area (TPSA) is 75.4 Å². The zero-order valence-corrected chi connectivity index (χ0v) is 12.7. The second-order valence-electron chi connectivity index (χ2n) is 3.48. The molecule has 5 nitrogen and oxygen atoms in total. The molecule has 0 aliphatic carbocycles. The van der Waals surface area contributed by atoms with E-state index in [1.54, 1.807) is 7.05 Å². The Morgan fingerprint density at radius 1 is 1.59 bits per heavy atom. The molecule has 0 bridgehead atoms. The third-order valence-corrected chi connectivity index (χ3v) is 5.63. The minimum Gasteiger partial charge on any atom is -0.330 e. The second kappa shape index (κ2) is 6.81. The molecule has 0 saturated heterocycles. The predicted octanol–water partition coefficient (Wildman–Crippen LogP) is 1.13. The molecule has 0 radical (unpaired) electrons. The molecule has 17 heavy (non-hydrogen) atoms. The van der Waals surface area contributed by atoms with Crippen molar-refractivity contribution in [3.05, 3.63) is 20.8 Å². The van der Waals surface area contributed by atoms with Crippen molar-refractivity contribution in [1.29, 1.82) is 0 Å². The Labute approximate surface area is 114 Å². The minimum absolute atomic E-state index is 0.299. The van der Waals surface area contributed by atoms with E-state index in [0.29, 0.717) is 26.1 Å². The largest absolute Gasteiger partial charge is 0.330 e. The summed E-state index contributed by atoms with van der Waals surface area (Å²) >= 11 is 4.87. The number of hydrogen-bond donors (Lipinski definition) is 2. The van der Waals surface area contributed by atoms with Crippen molar-refractivity contribution in [2.75, 3.05) is 20.1 Å². The van der Waals surface area contributed by atoms with Crippen LogP contribution in [0, 0.1) is 0 Å². The van der Waals surface area contributed by atoms with Gasteiger partial charge in [0.05, 0.1) is 0 Å². The van der Waals surface area contributed by atoms with Gasteiger partial charge in [-0.2, -0.15) is 17.4 Å². The quantitative estimate of drug-likeness (QED) is 0.780. The highest BCUT2D eigenvalue weighted by molar-refractivity contribution is 9.10. The molecule has 0 fully saturated rings. The third-order valence-electron chi connectivity index (χ3n) is 2.19. The lowest BCUT2D eigenvalue weighted by Crippen LogP contribution is -2.38. The first-order valence-corrected chi connectivity index (χ1v) is 8.21. The lowest BCUT2D eigenvalue weighted by atomic mass is 10.4. The van der Waals surface area contributed by atoms with Crippen LogP contribution in [-0.4, -0.2) is 32.9 Å². The van der Waals surface area contributed by atoms with E-state index in [2.05, 4.69) is 20.7 Å². The third kappa shape index (κ3) is 4.65. The van der Waals surface area contributed by atoms with Crippen molar-refractivity contribution in [3.63, 3.8) is 0 Å². The molecule has 8 heteroatoms. The maximum atomic E-state index is 11.8. The van der Waals surface area contributed by atoms with Gasteiger partial charge in [-0.05, 0) is 40.3 Å². The van der Waals surface area contributed by atoms with Crippen molar-refractivity contribution in [3.8, 4) is 0 Å². The number of nitrogens with one attached hydrogen (secondary N) is 1. The molecule has 0 spiro atoms. The standard InChI is InChI=1S/C9H16BrN3O2S2/c1-13(5-2-4-11)17(14,15)12-7-9-8(10)3-6-16-9/h3,6,12H,2,4-5,7,11H2,1H3. The van der Waals surface area contributed by atoms with Gasteiger partial charge >= 0.3 is 0 Å². The average Bonchev–Trinajstić information content (AvgIpc) is 2.69. The molecule has 1 heterocycles. The van der Waals surface area contributed by atoms with Crippen LogP contribution in [0.5, 0.6) is 0 Å². The van der Waals surface area contributed by atoms with Crippen molar-refractivity contribution in [2.24, 2.45) is 5.73 Å². The molecule has 0 aromatic carbocycles. The Kier molecular flexibility index (Phi) is 6.04. The summed E-state index contributed by atoms with van der Waals surface area (Å²) in [5, 5.41) is 1.91. The highest BCUT2D eigenvalue weighted by atomic mass is 79.9. The zero-order valence-electron chi connectivity index (χ0n) is 9.52. The van der Waals surface area contributed by atoms with Gasteiger partial charge in [0.25, 0.3) is 10.2 Å². The fraction of sp³-hybridized carbons (Fsp3) is 0.556.